The molecule has 5 nitrogen and oxygen atoms in total. The molecule has 0 aliphatic carbocycles. The van der Waals surface area contributed by atoms with E-state index in [4.69, 9.17) is 5.11 Å². The summed E-state index contributed by atoms with van der Waals surface area (Å²) in [5.74, 6) is -1.67. The number of carbonyl (C=O) groups is 2. The Balaban J connectivity index is 2.09. The Bertz CT molecular complexity index is 499. The summed E-state index contributed by atoms with van der Waals surface area (Å²) in [6, 6.07) is 5.67. The standard InChI is InChI=1S/C14H18N2O3/c1-9(14(18)19)7-16-13(17)12-4-2-3-10-8-15-6-5-11(10)12/h2-4,9,15H,5-8H2,1H3,(H,16,17)(H,18,19). The fraction of sp³-hybridized carbons (Fsp3) is 0.429. The third-order valence-corrected chi connectivity index (χ3v) is 3.38. The van der Waals surface area contributed by atoms with E-state index in [-0.39, 0.29) is 12.5 Å². The summed E-state index contributed by atoms with van der Waals surface area (Å²) in [4.78, 5) is 22.8. The molecule has 5 heteroatoms. The molecule has 1 aliphatic rings. The predicted molar refractivity (Wildman–Crippen MR) is 71.0 cm³/mol. The van der Waals surface area contributed by atoms with Gasteiger partial charge in [-0.2, -0.15) is 0 Å². The van der Waals surface area contributed by atoms with Crippen molar-refractivity contribution >= 4 is 11.9 Å². The fourth-order valence-electron chi connectivity index (χ4n) is 2.17. The monoisotopic (exact) mass is 262 g/mol. The van der Waals surface area contributed by atoms with Crippen LogP contribution >= 0.6 is 0 Å². The minimum atomic E-state index is -0.903. The quantitative estimate of drug-likeness (QED) is 0.749. The number of nitrogens with one attached hydrogen (secondary N) is 2. The Labute approximate surface area is 112 Å². The minimum Gasteiger partial charge on any atom is -0.481 e. The Morgan fingerprint density at radius 2 is 2.26 bits per heavy atom. The summed E-state index contributed by atoms with van der Waals surface area (Å²) in [6.07, 6.45) is 0.827. The van der Waals surface area contributed by atoms with E-state index < -0.39 is 11.9 Å². The van der Waals surface area contributed by atoms with Gasteiger partial charge in [-0.3, -0.25) is 9.59 Å². The van der Waals surface area contributed by atoms with Crippen LogP contribution in [0.3, 0.4) is 0 Å². The molecule has 1 unspecified atom stereocenters. The first-order valence-corrected chi connectivity index (χ1v) is 6.42. The van der Waals surface area contributed by atoms with Gasteiger partial charge in [-0.15, -0.1) is 0 Å². The maximum absolute atomic E-state index is 12.1. The largest absolute Gasteiger partial charge is 0.481 e. The molecule has 0 saturated heterocycles. The number of aliphatic carboxylic acids is 1. The first-order chi connectivity index (χ1) is 9.09. The first-order valence-electron chi connectivity index (χ1n) is 6.42. The first kappa shape index (κ1) is 13.5. The lowest BCUT2D eigenvalue weighted by Crippen LogP contribution is -2.33. The Morgan fingerprint density at radius 1 is 1.47 bits per heavy atom. The Morgan fingerprint density at radius 3 is 3.00 bits per heavy atom. The number of fused-ring (bicyclic) bond motifs is 1. The number of carbonyl (C=O) groups excluding carboxylic acids is 1. The highest BCUT2D eigenvalue weighted by Crippen LogP contribution is 2.18. The van der Waals surface area contributed by atoms with E-state index in [1.165, 1.54) is 0 Å². The molecular weight excluding hydrogens is 244 g/mol. The zero-order valence-electron chi connectivity index (χ0n) is 10.9. The molecule has 1 amide bonds. The van der Waals surface area contributed by atoms with Crippen LogP contribution in [0.1, 0.15) is 28.4 Å². The molecule has 1 aliphatic heterocycles. The lowest BCUT2D eigenvalue weighted by atomic mass is 9.95. The summed E-state index contributed by atoms with van der Waals surface area (Å²) in [7, 11) is 0. The number of benzene rings is 1. The SMILES string of the molecule is CC(CNC(=O)c1cccc2c1CCNC2)C(=O)O. The van der Waals surface area contributed by atoms with Gasteiger partial charge in [0.05, 0.1) is 5.92 Å². The van der Waals surface area contributed by atoms with E-state index in [0.29, 0.717) is 5.56 Å². The predicted octanol–water partition coefficient (Wildman–Crippen LogP) is 0.783. The third-order valence-electron chi connectivity index (χ3n) is 3.38. The zero-order valence-corrected chi connectivity index (χ0v) is 10.9. The second-order valence-electron chi connectivity index (χ2n) is 4.82. The number of carboxylic acid groups (broad SMARTS) is 1. The summed E-state index contributed by atoms with van der Waals surface area (Å²) in [5.41, 5.74) is 2.88. The number of amides is 1. The summed E-state index contributed by atoms with van der Waals surface area (Å²) in [5, 5.41) is 14.8. The van der Waals surface area contributed by atoms with Crippen molar-refractivity contribution in [1.29, 1.82) is 0 Å². The van der Waals surface area contributed by atoms with Gasteiger partial charge in [0.15, 0.2) is 0 Å². The third kappa shape index (κ3) is 3.12. The highest BCUT2D eigenvalue weighted by Gasteiger charge is 2.18. The van der Waals surface area contributed by atoms with E-state index in [2.05, 4.69) is 10.6 Å². The highest BCUT2D eigenvalue weighted by atomic mass is 16.4. The van der Waals surface area contributed by atoms with Gasteiger partial charge >= 0.3 is 5.97 Å². The van der Waals surface area contributed by atoms with Gasteiger partial charge in [0.25, 0.3) is 5.91 Å². The maximum atomic E-state index is 12.1. The lowest BCUT2D eigenvalue weighted by molar-refractivity contribution is -0.140. The number of rotatable bonds is 4. The second-order valence-corrected chi connectivity index (χ2v) is 4.82. The zero-order chi connectivity index (χ0) is 13.8. The van der Waals surface area contributed by atoms with Gasteiger partial charge in [-0.1, -0.05) is 19.1 Å². The molecule has 3 N–H and O–H groups in total. The van der Waals surface area contributed by atoms with Crippen LogP contribution in [0, 0.1) is 5.92 Å². The molecule has 2 rings (SSSR count). The lowest BCUT2D eigenvalue weighted by Gasteiger charge is -2.20. The van der Waals surface area contributed by atoms with E-state index in [0.717, 1.165) is 30.6 Å². The van der Waals surface area contributed by atoms with Crippen molar-refractivity contribution in [3.63, 3.8) is 0 Å². The van der Waals surface area contributed by atoms with Crippen molar-refractivity contribution < 1.29 is 14.7 Å². The van der Waals surface area contributed by atoms with Crippen LogP contribution in [-0.2, 0) is 17.8 Å². The van der Waals surface area contributed by atoms with Crippen LogP contribution in [0.25, 0.3) is 0 Å². The van der Waals surface area contributed by atoms with Gasteiger partial charge < -0.3 is 15.7 Å². The van der Waals surface area contributed by atoms with Gasteiger partial charge in [0.2, 0.25) is 0 Å². The van der Waals surface area contributed by atoms with Crippen LogP contribution in [0.5, 0.6) is 0 Å². The van der Waals surface area contributed by atoms with Crippen LogP contribution < -0.4 is 10.6 Å². The smallest absolute Gasteiger partial charge is 0.308 e. The van der Waals surface area contributed by atoms with Crippen LogP contribution in [-0.4, -0.2) is 30.1 Å². The molecule has 0 radical (unpaired) electrons. The summed E-state index contributed by atoms with van der Waals surface area (Å²) in [6.45, 7) is 3.37. The van der Waals surface area contributed by atoms with Crippen molar-refractivity contribution in [2.75, 3.05) is 13.1 Å². The summed E-state index contributed by atoms with van der Waals surface area (Å²) < 4.78 is 0. The van der Waals surface area contributed by atoms with Crippen LogP contribution in [0.4, 0.5) is 0 Å². The van der Waals surface area contributed by atoms with Gasteiger partial charge in [-0.25, -0.2) is 0 Å². The maximum Gasteiger partial charge on any atom is 0.308 e. The van der Waals surface area contributed by atoms with Gasteiger partial charge in [-0.05, 0) is 30.2 Å². The topological polar surface area (TPSA) is 78.4 Å². The number of hydrogen-bond donors (Lipinski definition) is 3. The summed E-state index contributed by atoms with van der Waals surface area (Å²) >= 11 is 0. The van der Waals surface area contributed by atoms with Crippen molar-refractivity contribution in [3.8, 4) is 0 Å². The number of carboxylic acids is 1. The molecule has 0 bridgehead atoms. The molecule has 0 aromatic heterocycles. The molecule has 1 aromatic rings. The Kier molecular flexibility index (Phi) is 4.16. The van der Waals surface area contributed by atoms with Gasteiger partial charge in [0, 0.05) is 18.7 Å². The van der Waals surface area contributed by atoms with E-state index >= 15 is 0 Å². The molecule has 1 atom stereocenters. The van der Waals surface area contributed by atoms with Crippen molar-refractivity contribution in [3.05, 3.63) is 34.9 Å². The average molecular weight is 262 g/mol. The molecule has 1 aromatic carbocycles. The average Bonchev–Trinajstić information content (AvgIpc) is 2.43. The normalized spacial score (nSPS) is 15.4. The minimum absolute atomic E-state index is 0.149. The molecule has 19 heavy (non-hydrogen) atoms. The van der Waals surface area contributed by atoms with Crippen LogP contribution in [0.15, 0.2) is 18.2 Å². The highest BCUT2D eigenvalue weighted by molar-refractivity contribution is 5.96. The molecular formula is C14H18N2O3. The molecule has 0 saturated carbocycles. The van der Waals surface area contributed by atoms with E-state index in [9.17, 15) is 9.59 Å². The van der Waals surface area contributed by atoms with Crippen molar-refractivity contribution in [1.82, 2.24) is 10.6 Å². The van der Waals surface area contributed by atoms with E-state index in [1.807, 2.05) is 12.1 Å². The molecule has 0 spiro atoms. The van der Waals surface area contributed by atoms with Crippen molar-refractivity contribution in [2.45, 2.75) is 19.9 Å². The molecule has 1 heterocycles. The van der Waals surface area contributed by atoms with Gasteiger partial charge in [0.1, 0.15) is 0 Å². The Hall–Kier alpha value is -1.88. The van der Waals surface area contributed by atoms with E-state index in [1.54, 1.807) is 13.0 Å². The van der Waals surface area contributed by atoms with Crippen LogP contribution in [0.2, 0.25) is 0 Å². The number of hydrogen-bond acceptors (Lipinski definition) is 3. The van der Waals surface area contributed by atoms with Crippen molar-refractivity contribution in [2.24, 2.45) is 5.92 Å². The second kappa shape index (κ2) is 5.84. The molecule has 0 fully saturated rings. The fourth-order valence-corrected chi connectivity index (χ4v) is 2.17. The molecule has 102 valence electrons.